The Hall–Kier alpha value is -1.22. The Bertz CT molecular complexity index is 433. The van der Waals surface area contributed by atoms with Crippen molar-refractivity contribution in [3.8, 4) is 11.5 Å². The SMILES string of the molecule is CN1CCCC[C@@H]1[C@H]1CCc2c(O)cccc2O1. The number of hydrogen-bond donors (Lipinski definition) is 1. The first-order valence-electron chi connectivity index (χ1n) is 6.93. The molecule has 98 valence electrons. The molecule has 0 spiro atoms. The normalized spacial score (nSPS) is 28.5. The molecule has 0 unspecified atom stereocenters. The molecule has 1 saturated heterocycles. The Morgan fingerprint density at radius 1 is 1.28 bits per heavy atom. The Morgan fingerprint density at radius 2 is 2.17 bits per heavy atom. The summed E-state index contributed by atoms with van der Waals surface area (Å²) in [6, 6.07) is 6.12. The van der Waals surface area contributed by atoms with Crippen molar-refractivity contribution in [1.82, 2.24) is 4.90 Å². The van der Waals surface area contributed by atoms with Crippen molar-refractivity contribution in [3.63, 3.8) is 0 Å². The van der Waals surface area contributed by atoms with Crippen LogP contribution in [0, 0.1) is 0 Å². The van der Waals surface area contributed by atoms with Crippen LogP contribution in [0.2, 0.25) is 0 Å². The van der Waals surface area contributed by atoms with Crippen LogP contribution in [-0.4, -0.2) is 35.7 Å². The molecule has 3 rings (SSSR count). The summed E-state index contributed by atoms with van der Waals surface area (Å²) < 4.78 is 6.12. The van der Waals surface area contributed by atoms with Gasteiger partial charge in [0.1, 0.15) is 17.6 Å². The minimum atomic E-state index is 0.282. The van der Waals surface area contributed by atoms with Crippen molar-refractivity contribution >= 4 is 0 Å². The molecule has 1 aromatic rings. The molecule has 2 heterocycles. The maximum absolute atomic E-state index is 9.81. The fourth-order valence-electron chi connectivity index (χ4n) is 3.27. The third-order valence-corrected chi connectivity index (χ3v) is 4.32. The lowest BCUT2D eigenvalue weighted by molar-refractivity contribution is 0.0443. The largest absolute Gasteiger partial charge is 0.508 e. The van der Waals surface area contributed by atoms with Gasteiger partial charge in [0.25, 0.3) is 0 Å². The van der Waals surface area contributed by atoms with Gasteiger partial charge in [-0.2, -0.15) is 0 Å². The molecule has 1 aromatic carbocycles. The van der Waals surface area contributed by atoms with E-state index in [1.54, 1.807) is 6.07 Å². The summed E-state index contributed by atoms with van der Waals surface area (Å²) in [4.78, 5) is 2.43. The second kappa shape index (κ2) is 4.81. The number of phenols is 1. The zero-order valence-corrected chi connectivity index (χ0v) is 10.9. The number of likely N-dealkylation sites (N-methyl/N-ethyl adjacent to an activating group) is 1. The standard InChI is InChI=1S/C15H21NO2/c1-16-10-3-2-5-12(16)15-9-8-11-13(17)6-4-7-14(11)18-15/h4,6-7,12,15,17H,2-3,5,8-10H2,1H3/t12-,15-/m1/s1. The summed E-state index contributed by atoms with van der Waals surface area (Å²) in [5.74, 6) is 1.26. The topological polar surface area (TPSA) is 32.7 Å². The third kappa shape index (κ3) is 2.07. The molecule has 3 heteroatoms. The number of aromatic hydroxyl groups is 1. The van der Waals surface area contributed by atoms with Gasteiger partial charge in [0.2, 0.25) is 0 Å². The van der Waals surface area contributed by atoms with Gasteiger partial charge in [-0.25, -0.2) is 0 Å². The highest BCUT2D eigenvalue weighted by molar-refractivity contribution is 5.45. The molecule has 2 aliphatic rings. The first-order valence-corrected chi connectivity index (χ1v) is 6.93. The van der Waals surface area contributed by atoms with Gasteiger partial charge in [-0.05, 0) is 51.4 Å². The molecule has 0 amide bonds. The minimum absolute atomic E-state index is 0.282. The predicted octanol–water partition coefficient (Wildman–Crippen LogP) is 2.57. The molecule has 1 N–H and O–H groups in total. The summed E-state index contributed by atoms with van der Waals surface area (Å²) in [5, 5.41) is 9.81. The van der Waals surface area contributed by atoms with Crippen LogP contribution in [0.5, 0.6) is 11.5 Å². The molecule has 0 saturated carbocycles. The lowest BCUT2D eigenvalue weighted by atomic mass is 9.91. The van der Waals surface area contributed by atoms with E-state index in [2.05, 4.69) is 11.9 Å². The van der Waals surface area contributed by atoms with E-state index in [1.807, 2.05) is 12.1 Å². The molecule has 0 radical (unpaired) electrons. The van der Waals surface area contributed by atoms with E-state index in [9.17, 15) is 5.11 Å². The molecule has 1 fully saturated rings. The molecule has 0 aromatic heterocycles. The number of benzene rings is 1. The van der Waals surface area contributed by atoms with Crippen LogP contribution in [0.3, 0.4) is 0 Å². The fourth-order valence-corrected chi connectivity index (χ4v) is 3.27. The van der Waals surface area contributed by atoms with Crippen molar-refractivity contribution in [2.75, 3.05) is 13.6 Å². The van der Waals surface area contributed by atoms with Crippen LogP contribution in [0.25, 0.3) is 0 Å². The van der Waals surface area contributed by atoms with Crippen molar-refractivity contribution in [1.29, 1.82) is 0 Å². The van der Waals surface area contributed by atoms with Gasteiger partial charge >= 0.3 is 0 Å². The molecule has 2 atom stereocenters. The zero-order chi connectivity index (χ0) is 12.5. The number of likely N-dealkylation sites (tertiary alicyclic amines) is 1. The van der Waals surface area contributed by atoms with Crippen LogP contribution < -0.4 is 4.74 Å². The van der Waals surface area contributed by atoms with E-state index in [-0.39, 0.29) is 6.10 Å². The Morgan fingerprint density at radius 3 is 3.00 bits per heavy atom. The number of fused-ring (bicyclic) bond motifs is 1. The molecule has 18 heavy (non-hydrogen) atoms. The van der Waals surface area contributed by atoms with E-state index < -0.39 is 0 Å². The quantitative estimate of drug-likeness (QED) is 0.828. The van der Waals surface area contributed by atoms with Crippen LogP contribution in [0.1, 0.15) is 31.2 Å². The van der Waals surface area contributed by atoms with Crippen molar-refractivity contribution in [3.05, 3.63) is 23.8 Å². The predicted molar refractivity (Wildman–Crippen MR) is 71.1 cm³/mol. The lowest BCUT2D eigenvalue weighted by Crippen LogP contribution is -2.48. The number of nitrogens with zero attached hydrogens (tertiary/aromatic N) is 1. The summed E-state index contributed by atoms with van der Waals surface area (Å²) in [5.41, 5.74) is 0.979. The molecule has 3 nitrogen and oxygen atoms in total. The highest BCUT2D eigenvalue weighted by Crippen LogP contribution is 2.36. The van der Waals surface area contributed by atoms with E-state index in [0.717, 1.165) is 24.2 Å². The van der Waals surface area contributed by atoms with Crippen molar-refractivity contribution < 1.29 is 9.84 Å². The van der Waals surface area contributed by atoms with Gasteiger partial charge in [0.05, 0.1) is 0 Å². The summed E-state index contributed by atoms with van der Waals surface area (Å²) in [6.45, 7) is 1.18. The van der Waals surface area contributed by atoms with Crippen molar-refractivity contribution in [2.45, 2.75) is 44.2 Å². The minimum Gasteiger partial charge on any atom is -0.508 e. The maximum atomic E-state index is 9.81. The maximum Gasteiger partial charge on any atom is 0.126 e. The van der Waals surface area contributed by atoms with Crippen LogP contribution in [0.4, 0.5) is 0 Å². The first kappa shape index (κ1) is 11.8. The summed E-state index contributed by atoms with van der Waals surface area (Å²) in [7, 11) is 2.20. The monoisotopic (exact) mass is 247 g/mol. The van der Waals surface area contributed by atoms with Crippen LogP contribution in [-0.2, 0) is 6.42 Å². The molecular weight excluding hydrogens is 226 g/mol. The molecule has 0 aliphatic carbocycles. The smallest absolute Gasteiger partial charge is 0.126 e. The average molecular weight is 247 g/mol. The summed E-state index contributed by atoms with van der Waals surface area (Å²) >= 11 is 0. The molecular formula is C15H21NO2. The van der Waals surface area contributed by atoms with E-state index in [4.69, 9.17) is 4.74 Å². The van der Waals surface area contributed by atoms with E-state index in [1.165, 1.54) is 25.8 Å². The van der Waals surface area contributed by atoms with E-state index in [0.29, 0.717) is 11.8 Å². The first-order chi connectivity index (χ1) is 8.75. The van der Waals surface area contributed by atoms with Crippen LogP contribution >= 0.6 is 0 Å². The second-order valence-corrected chi connectivity index (χ2v) is 5.49. The summed E-state index contributed by atoms with van der Waals surface area (Å²) in [6.07, 6.45) is 6.06. The zero-order valence-electron chi connectivity index (χ0n) is 10.9. The van der Waals surface area contributed by atoms with Crippen molar-refractivity contribution in [2.24, 2.45) is 0 Å². The highest BCUT2D eigenvalue weighted by atomic mass is 16.5. The Balaban J connectivity index is 1.78. The van der Waals surface area contributed by atoms with E-state index >= 15 is 0 Å². The highest BCUT2D eigenvalue weighted by Gasteiger charge is 2.32. The number of ether oxygens (including phenoxy) is 1. The van der Waals surface area contributed by atoms with Gasteiger partial charge in [0, 0.05) is 11.6 Å². The number of phenolic OH excluding ortho intramolecular Hbond substituents is 1. The van der Waals surface area contributed by atoms with Gasteiger partial charge < -0.3 is 9.84 Å². The molecule has 2 aliphatic heterocycles. The number of piperidine rings is 1. The molecule has 0 bridgehead atoms. The van der Waals surface area contributed by atoms with Crippen LogP contribution in [0.15, 0.2) is 18.2 Å². The van der Waals surface area contributed by atoms with Gasteiger partial charge in [-0.3, -0.25) is 4.90 Å². The van der Waals surface area contributed by atoms with Gasteiger partial charge in [-0.15, -0.1) is 0 Å². The Labute approximate surface area is 108 Å². The third-order valence-electron chi connectivity index (χ3n) is 4.32. The number of rotatable bonds is 1. The van der Waals surface area contributed by atoms with Gasteiger partial charge in [0.15, 0.2) is 0 Å². The Kier molecular flexibility index (Phi) is 3.16. The fraction of sp³-hybridized carbons (Fsp3) is 0.600. The van der Waals surface area contributed by atoms with Gasteiger partial charge in [-0.1, -0.05) is 12.5 Å². The number of hydrogen-bond acceptors (Lipinski definition) is 3. The lowest BCUT2D eigenvalue weighted by Gasteiger charge is -2.40. The second-order valence-electron chi connectivity index (χ2n) is 5.49. The average Bonchev–Trinajstić information content (AvgIpc) is 2.39.